The molecule has 0 saturated carbocycles. The molecule has 0 aliphatic carbocycles. The predicted molar refractivity (Wildman–Crippen MR) is 101 cm³/mol. The molecule has 1 amide bonds. The van der Waals surface area contributed by atoms with E-state index in [-0.39, 0.29) is 17.3 Å². The number of sulfonamides is 1. The number of pyridine rings is 1. The van der Waals surface area contributed by atoms with Crippen LogP contribution in [-0.2, 0) is 21.4 Å². The van der Waals surface area contributed by atoms with Crippen molar-refractivity contribution in [1.29, 1.82) is 0 Å². The van der Waals surface area contributed by atoms with Crippen molar-refractivity contribution < 1.29 is 17.6 Å². The Morgan fingerprint density at radius 1 is 1.11 bits per heavy atom. The molecule has 1 aromatic carbocycles. The Morgan fingerprint density at radius 3 is 2.59 bits per heavy atom. The molecule has 8 heteroatoms. The molecule has 2 N–H and O–H groups in total. The summed E-state index contributed by atoms with van der Waals surface area (Å²) < 4.78 is 32.1. The van der Waals surface area contributed by atoms with E-state index in [1.165, 1.54) is 24.5 Å². The summed E-state index contributed by atoms with van der Waals surface area (Å²) in [4.78, 5) is 15.9. The summed E-state index contributed by atoms with van der Waals surface area (Å²) in [5, 5.41) is 2.67. The molecule has 3 aromatic rings. The highest BCUT2D eigenvalue weighted by molar-refractivity contribution is 7.89. The first-order valence-corrected chi connectivity index (χ1v) is 9.52. The molecule has 2 aromatic heterocycles. The summed E-state index contributed by atoms with van der Waals surface area (Å²) in [7, 11) is -3.65. The number of nitrogens with one attached hydrogen (secondary N) is 2. The van der Waals surface area contributed by atoms with Crippen LogP contribution in [0.25, 0.3) is 6.08 Å². The van der Waals surface area contributed by atoms with E-state index in [4.69, 9.17) is 4.42 Å². The summed E-state index contributed by atoms with van der Waals surface area (Å²) in [5.74, 6) is 0.220. The minimum atomic E-state index is -3.65. The van der Waals surface area contributed by atoms with Crippen LogP contribution in [0.4, 0.5) is 5.69 Å². The molecular formula is C19H17N3O4S. The first-order valence-electron chi connectivity index (χ1n) is 8.04. The minimum Gasteiger partial charge on any atom is -0.468 e. The Bertz CT molecular complexity index is 1010. The second kappa shape index (κ2) is 8.43. The van der Waals surface area contributed by atoms with Crippen LogP contribution in [0, 0.1) is 0 Å². The smallest absolute Gasteiger partial charge is 0.248 e. The molecule has 7 nitrogen and oxygen atoms in total. The molecular weight excluding hydrogens is 366 g/mol. The number of carbonyl (C=O) groups excluding carboxylic acids is 1. The third kappa shape index (κ3) is 5.37. The highest BCUT2D eigenvalue weighted by Crippen LogP contribution is 2.13. The number of furan rings is 1. The zero-order valence-corrected chi connectivity index (χ0v) is 15.0. The standard InChI is InChI=1S/C19H17N3O4S/c23-19(22-16-3-1-11-20-13-16)10-7-15-5-8-18(9-6-15)27(24,25)21-14-17-4-2-12-26-17/h1-13,21H,14H2,(H,22,23)/b10-7+. The number of nitrogens with zero attached hydrogens (tertiary/aromatic N) is 1. The van der Waals surface area contributed by atoms with Crippen LogP contribution in [0.2, 0.25) is 0 Å². The number of rotatable bonds is 7. The van der Waals surface area contributed by atoms with Crippen LogP contribution in [-0.4, -0.2) is 19.3 Å². The van der Waals surface area contributed by atoms with Crippen molar-refractivity contribution in [3.8, 4) is 0 Å². The lowest BCUT2D eigenvalue weighted by Gasteiger charge is -2.05. The number of hydrogen-bond donors (Lipinski definition) is 2. The average molecular weight is 383 g/mol. The van der Waals surface area contributed by atoms with Crippen LogP contribution in [0.5, 0.6) is 0 Å². The van der Waals surface area contributed by atoms with E-state index in [1.54, 1.807) is 54.9 Å². The molecule has 27 heavy (non-hydrogen) atoms. The summed E-state index contributed by atoms with van der Waals surface area (Å²) in [6.07, 6.45) is 7.60. The van der Waals surface area contributed by atoms with E-state index in [9.17, 15) is 13.2 Å². The summed E-state index contributed by atoms with van der Waals surface area (Å²) in [5.41, 5.74) is 1.29. The van der Waals surface area contributed by atoms with Crippen molar-refractivity contribution >= 4 is 27.7 Å². The van der Waals surface area contributed by atoms with E-state index in [2.05, 4.69) is 15.0 Å². The Kier molecular flexibility index (Phi) is 5.80. The fraction of sp³-hybridized carbons (Fsp3) is 0.0526. The average Bonchev–Trinajstić information content (AvgIpc) is 3.20. The van der Waals surface area contributed by atoms with Gasteiger partial charge in [0, 0.05) is 12.3 Å². The van der Waals surface area contributed by atoms with E-state index >= 15 is 0 Å². The molecule has 0 unspecified atom stereocenters. The maximum atomic E-state index is 12.3. The van der Waals surface area contributed by atoms with Crippen molar-refractivity contribution in [3.63, 3.8) is 0 Å². The highest BCUT2D eigenvalue weighted by Gasteiger charge is 2.13. The second-order valence-corrected chi connectivity index (χ2v) is 7.30. The summed E-state index contributed by atoms with van der Waals surface area (Å²) in [6.45, 7) is 0.0749. The van der Waals surface area contributed by atoms with Crippen molar-refractivity contribution in [1.82, 2.24) is 9.71 Å². The lowest BCUT2D eigenvalue weighted by atomic mass is 10.2. The first-order chi connectivity index (χ1) is 13.0. The monoisotopic (exact) mass is 383 g/mol. The number of benzene rings is 1. The highest BCUT2D eigenvalue weighted by atomic mass is 32.2. The number of hydrogen-bond acceptors (Lipinski definition) is 5. The maximum absolute atomic E-state index is 12.3. The summed E-state index contributed by atoms with van der Waals surface area (Å²) >= 11 is 0. The second-order valence-electron chi connectivity index (χ2n) is 5.54. The zero-order chi connectivity index (χ0) is 19.1. The van der Waals surface area contributed by atoms with E-state index in [0.717, 1.165) is 0 Å². The van der Waals surface area contributed by atoms with Crippen LogP contribution >= 0.6 is 0 Å². The molecule has 0 saturated heterocycles. The van der Waals surface area contributed by atoms with Gasteiger partial charge in [0.05, 0.1) is 29.6 Å². The van der Waals surface area contributed by atoms with Crippen LogP contribution < -0.4 is 10.0 Å². The Hall–Kier alpha value is -3.23. The molecule has 0 aliphatic heterocycles. The largest absolute Gasteiger partial charge is 0.468 e. The maximum Gasteiger partial charge on any atom is 0.248 e. The van der Waals surface area contributed by atoms with Gasteiger partial charge in [0.15, 0.2) is 0 Å². The molecule has 0 aliphatic rings. The van der Waals surface area contributed by atoms with Gasteiger partial charge in [0.2, 0.25) is 15.9 Å². The molecule has 0 fully saturated rings. The van der Waals surface area contributed by atoms with Gasteiger partial charge in [-0.05, 0) is 48.0 Å². The molecule has 138 valence electrons. The molecule has 0 spiro atoms. The lowest BCUT2D eigenvalue weighted by Crippen LogP contribution is -2.22. The fourth-order valence-corrected chi connectivity index (χ4v) is 3.21. The quantitative estimate of drug-likeness (QED) is 0.611. The number of aromatic nitrogens is 1. The molecule has 0 atom stereocenters. The van der Waals surface area contributed by atoms with Gasteiger partial charge in [-0.15, -0.1) is 0 Å². The molecule has 0 radical (unpaired) electrons. The Labute approximate surface area is 156 Å². The summed E-state index contributed by atoms with van der Waals surface area (Å²) in [6, 6.07) is 13.0. The van der Waals surface area contributed by atoms with E-state index in [0.29, 0.717) is 17.0 Å². The molecule has 0 bridgehead atoms. The third-order valence-electron chi connectivity index (χ3n) is 3.56. The van der Waals surface area contributed by atoms with Gasteiger partial charge in [-0.25, -0.2) is 13.1 Å². The van der Waals surface area contributed by atoms with Crippen molar-refractivity contribution in [2.24, 2.45) is 0 Å². The normalized spacial score (nSPS) is 11.6. The van der Waals surface area contributed by atoms with Crippen molar-refractivity contribution in [3.05, 3.63) is 84.6 Å². The topological polar surface area (TPSA) is 101 Å². The van der Waals surface area contributed by atoms with Crippen LogP contribution in [0.1, 0.15) is 11.3 Å². The molecule has 3 rings (SSSR count). The number of anilines is 1. The van der Waals surface area contributed by atoms with Gasteiger partial charge >= 0.3 is 0 Å². The zero-order valence-electron chi connectivity index (χ0n) is 14.2. The SMILES string of the molecule is O=C(/C=C/c1ccc(S(=O)(=O)NCc2ccco2)cc1)Nc1cccnc1. The van der Waals surface area contributed by atoms with Gasteiger partial charge in [0.25, 0.3) is 0 Å². The first kappa shape index (κ1) is 18.6. The fourth-order valence-electron chi connectivity index (χ4n) is 2.21. The van der Waals surface area contributed by atoms with Crippen LogP contribution in [0.3, 0.4) is 0 Å². The predicted octanol–water partition coefficient (Wildman–Crippen LogP) is 2.81. The number of carbonyl (C=O) groups is 1. The number of amides is 1. The van der Waals surface area contributed by atoms with Crippen LogP contribution in [0.15, 0.2) is 82.6 Å². The third-order valence-corrected chi connectivity index (χ3v) is 4.98. The van der Waals surface area contributed by atoms with Gasteiger partial charge in [-0.1, -0.05) is 12.1 Å². The van der Waals surface area contributed by atoms with Gasteiger partial charge in [-0.3, -0.25) is 9.78 Å². The minimum absolute atomic E-state index is 0.0749. The van der Waals surface area contributed by atoms with Crippen molar-refractivity contribution in [2.45, 2.75) is 11.4 Å². The van der Waals surface area contributed by atoms with Crippen molar-refractivity contribution in [2.75, 3.05) is 5.32 Å². The van der Waals surface area contributed by atoms with E-state index < -0.39 is 10.0 Å². The van der Waals surface area contributed by atoms with Gasteiger partial charge in [-0.2, -0.15) is 0 Å². The van der Waals surface area contributed by atoms with E-state index in [1.807, 2.05) is 0 Å². The lowest BCUT2D eigenvalue weighted by molar-refractivity contribution is -0.111. The molecule has 2 heterocycles. The Balaban J connectivity index is 1.60. The van der Waals surface area contributed by atoms with Gasteiger partial charge < -0.3 is 9.73 Å². The Morgan fingerprint density at radius 2 is 1.93 bits per heavy atom. The van der Waals surface area contributed by atoms with Gasteiger partial charge in [0.1, 0.15) is 5.76 Å².